The van der Waals surface area contributed by atoms with Gasteiger partial charge in [-0.05, 0) is 18.8 Å². The number of aryl methyl sites for hydroxylation is 1. The average molecular weight is 343 g/mol. The lowest BCUT2D eigenvalue weighted by molar-refractivity contribution is -0.148. The molecule has 1 amide bonds. The minimum Gasteiger partial charge on any atom is -0.456 e. The number of sulfone groups is 1. The van der Waals surface area contributed by atoms with E-state index in [1.165, 1.54) is 0 Å². The lowest BCUT2D eigenvalue weighted by Gasteiger charge is -2.10. The fourth-order valence-electron chi connectivity index (χ4n) is 2.48. The lowest BCUT2D eigenvalue weighted by Crippen LogP contribution is -2.23. The third kappa shape index (κ3) is 5.34. The third-order valence-electron chi connectivity index (χ3n) is 3.57. The Morgan fingerprint density at radius 2 is 2.26 bits per heavy atom. The highest BCUT2D eigenvalue weighted by atomic mass is 32.2. The predicted molar refractivity (Wildman–Crippen MR) is 83.5 cm³/mol. The van der Waals surface area contributed by atoms with Crippen LogP contribution in [0.5, 0.6) is 0 Å². The number of hydrogen-bond donors (Lipinski definition) is 1. The van der Waals surface area contributed by atoms with Gasteiger partial charge in [-0.25, -0.2) is 13.1 Å². The monoisotopic (exact) mass is 343 g/mol. The molecule has 1 aliphatic rings. The van der Waals surface area contributed by atoms with Crippen LogP contribution in [-0.4, -0.2) is 48.2 Å². The molecule has 0 aliphatic carbocycles. The van der Waals surface area contributed by atoms with Crippen LogP contribution in [0.2, 0.25) is 0 Å². The van der Waals surface area contributed by atoms with Gasteiger partial charge in [-0.3, -0.25) is 9.59 Å². The number of ether oxygens (including phenoxy) is 1. The van der Waals surface area contributed by atoms with E-state index in [9.17, 15) is 18.0 Å². The van der Waals surface area contributed by atoms with Crippen LogP contribution < -0.4 is 5.32 Å². The topological polar surface area (TPSA) is 107 Å². The molecule has 0 spiro atoms. The van der Waals surface area contributed by atoms with Crippen LogP contribution in [0.3, 0.4) is 0 Å². The highest BCUT2D eigenvalue weighted by molar-refractivity contribution is 7.91. The zero-order valence-corrected chi connectivity index (χ0v) is 13.8. The second kappa shape index (κ2) is 7.58. The Labute approximate surface area is 135 Å². The molecule has 0 radical (unpaired) electrons. The van der Waals surface area contributed by atoms with Crippen molar-refractivity contribution in [1.29, 1.82) is 0 Å². The predicted octanol–water partition coefficient (Wildman–Crippen LogP) is 0.600. The summed E-state index contributed by atoms with van der Waals surface area (Å²) in [5.41, 5.74) is 0. The second-order valence-electron chi connectivity index (χ2n) is 5.62. The molecule has 1 aliphatic heterocycles. The quantitative estimate of drug-likeness (QED) is 0.727. The summed E-state index contributed by atoms with van der Waals surface area (Å²) in [5, 5.41) is 6.70. The molecule has 1 saturated heterocycles. The number of carbonyl (C=O) groups is 2. The molecule has 2 rings (SSSR count). The van der Waals surface area contributed by atoms with E-state index in [0.29, 0.717) is 18.8 Å². The van der Waals surface area contributed by atoms with E-state index >= 15 is 0 Å². The number of hydrogen-bond acceptors (Lipinski definition) is 6. The van der Waals surface area contributed by atoms with Crippen molar-refractivity contribution in [2.75, 3.05) is 23.4 Å². The Morgan fingerprint density at radius 1 is 1.48 bits per heavy atom. The molecule has 2 heterocycles. The van der Waals surface area contributed by atoms with Crippen LogP contribution in [0.25, 0.3) is 0 Å². The summed E-state index contributed by atoms with van der Waals surface area (Å²) in [5.74, 6) is -0.520. The van der Waals surface area contributed by atoms with Gasteiger partial charge in [-0.1, -0.05) is 6.92 Å². The van der Waals surface area contributed by atoms with Gasteiger partial charge < -0.3 is 10.1 Å². The van der Waals surface area contributed by atoms with E-state index in [1.807, 2.05) is 6.92 Å². The van der Waals surface area contributed by atoms with E-state index in [2.05, 4.69) is 10.4 Å². The summed E-state index contributed by atoms with van der Waals surface area (Å²) in [6.45, 7) is 2.28. The van der Waals surface area contributed by atoms with E-state index < -0.39 is 28.3 Å². The zero-order chi connectivity index (χ0) is 16.9. The summed E-state index contributed by atoms with van der Waals surface area (Å²) in [6, 6.07) is 1.67. The van der Waals surface area contributed by atoms with Gasteiger partial charge in [0.25, 0.3) is 5.91 Å². The SMILES string of the molecule is CCCn1nccc1NC(=O)COC(=O)CC1CCS(=O)(=O)C1. The highest BCUT2D eigenvalue weighted by Crippen LogP contribution is 2.21. The lowest BCUT2D eigenvalue weighted by atomic mass is 10.1. The zero-order valence-electron chi connectivity index (χ0n) is 13.0. The molecule has 1 N–H and O–H groups in total. The summed E-state index contributed by atoms with van der Waals surface area (Å²) in [4.78, 5) is 23.5. The molecule has 1 unspecified atom stereocenters. The first-order chi connectivity index (χ1) is 10.9. The first-order valence-electron chi connectivity index (χ1n) is 7.57. The Morgan fingerprint density at radius 3 is 2.91 bits per heavy atom. The van der Waals surface area contributed by atoms with Crippen molar-refractivity contribution in [2.24, 2.45) is 5.92 Å². The van der Waals surface area contributed by atoms with E-state index in [-0.39, 0.29) is 23.8 Å². The Kier molecular flexibility index (Phi) is 5.75. The van der Waals surface area contributed by atoms with Gasteiger partial charge in [0, 0.05) is 19.0 Å². The molecule has 0 aromatic carbocycles. The second-order valence-corrected chi connectivity index (χ2v) is 7.85. The van der Waals surface area contributed by atoms with Gasteiger partial charge in [0.05, 0.1) is 17.7 Å². The summed E-state index contributed by atoms with van der Waals surface area (Å²) >= 11 is 0. The van der Waals surface area contributed by atoms with Crippen LogP contribution in [0.15, 0.2) is 12.3 Å². The third-order valence-corrected chi connectivity index (χ3v) is 5.40. The van der Waals surface area contributed by atoms with E-state index in [4.69, 9.17) is 4.74 Å². The summed E-state index contributed by atoms with van der Waals surface area (Å²) in [7, 11) is -3.01. The normalized spacial score (nSPS) is 19.4. The maximum atomic E-state index is 11.8. The summed E-state index contributed by atoms with van der Waals surface area (Å²) in [6.07, 6.45) is 2.96. The number of aromatic nitrogens is 2. The van der Waals surface area contributed by atoms with Crippen LogP contribution in [0.4, 0.5) is 5.82 Å². The fraction of sp³-hybridized carbons (Fsp3) is 0.643. The minimum absolute atomic E-state index is 0.0184. The maximum Gasteiger partial charge on any atom is 0.306 e. The van der Waals surface area contributed by atoms with E-state index in [1.54, 1.807) is 16.9 Å². The molecule has 0 saturated carbocycles. The van der Waals surface area contributed by atoms with Gasteiger partial charge in [-0.15, -0.1) is 0 Å². The van der Waals surface area contributed by atoms with E-state index in [0.717, 1.165) is 6.42 Å². The Hall–Kier alpha value is -1.90. The molecule has 0 bridgehead atoms. The molecule has 1 aromatic heterocycles. The maximum absolute atomic E-state index is 11.8. The van der Waals surface area contributed by atoms with Crippen molar-refractivity contribution in [3.05, 3.63) is 12.3 Å². The van der Waals surface area contributed by atoms with Crippen LogP contribution in [-0.2, 0) is 30.7 Å². The van der Waals surface area contributed by atoms with Crippen LogP contribution in [0.1, 0.15) is 26.2 Å². The number of nitrogens with one attached hydrogen (secondary N) is 1. The van der Waals surface area contributed by atoms with Crippen molar-refractivity contribution in [1.82, 2.24) is 9.78 Å². The van der Waals surface area contributed by atoms with Crippen molar-refractivity contribution in [2.45, 2.75) is 32.7 Å². The smallest absolute Gasteiger partial charge is 0.306 e. The number of anilines is 1. The minimum atomic E-state index is -3.01. The number of amides is 1. The number of esters is 1. The largest absolute Gasteiger partial charge is 0.456 e. The summed E-state index contributed by atoms with van der Waals surface area (Å²) < 4.78 is 29.2. The van der Waals surface area contributed by atoms with Gasteiger partial charge >= 0.3 is 5.97 Å². The molecule has 1 fully saturated rings. The molecule has 1 atom stereocenters. The molecule has 9 heteroatoms. The van der Waals surface area contributed by atoms with Gasteiger partial charge in [0.15, 0.2) is 16.4 Å². The molecule has 8 nitrogen and oxygen atoms in total. The first-order valence-corrected chi connectivity index (χ1v) is 9.39. The molecule has 128 valence electrons. The number of rotatable bonds is 7. The fourth-order valence-corrected chi connectivity index (χ4v) is 4.34. The average Bonchev–Trinajstić information content (AvgIpc) is 3.04. The van der Waals surface area contributed by atoms with Gasteiger partial charge in [0.1, 0.15) is 5.82 Å². The molecule has 1 aromatic rings. The standard InChI is InChI=1S/C14H21N3O5S/c1-2-6-17-12(3-5-15-17)16-13(18)9-22-14(19)8-11-4-7-23(20,21)10-11/h3,5,11H,2,4,6-10H2,1H3,(H,16,18). The Bertz CT molecular complexity index is 668. The van der Waals surface area contributed by atoms with Crippen molar-refractivity contribution in [3.8, 4) is 0 Å². The molecular weight excluding hydrogens is 322 g/mol. The first kappa shape index (κ1) is 17.5. The van der Waals surface area contributed by atoms with Gasteiger partial charge in [0.2, 0.25) is 0 Å². The highest BCUT2D eigenvalue weighted by Gasteiger charge is 2.30. The van der Waals surface area contributed by atoms with Crippen molar-refractivity contribution in [3.63, 3.8) is 0 Å². The van der Waals surface area contributed by atoms with Crippen LogP contribution in [0, 0.1) is 5.92 Å². The molecule has 23 heavy (non-hydrogen) atoms. The Balaban J connectivity index is 1.73. The van der Waals surface area contributed by atoms with Crippen LogP contribution >= 0.6 is 0 Å². The number of carbonyl (C=O) groups excluding carboxylic acids is 2. The van der Waals surface area contributed by atoms with Gasteiger partial charge in [-0.2, -0.15) is 5.10 Å². The number of nitrogens with zero attached hydrogens (tertiary/aromatic N) is 2. The molecular formula is C14H21N3O5S. The van der Waals surface area contributed by atoms with Crippen molar-refractivity contribution < 1.29 is 22.7 Å². The van der Waals surface area contributed by atoms with Crippen molar-refractivity contribution >= 4 is 27.5 Å².